The van der Waals surface area contributed by atoms with Crippen molar-refractivity contribution in [3.8, 4) is 0 Å². The number of aromatic amines is 1. The van der Waals surface area contributed by atoms with Crippen LogP contribution in [0, 0.1) is 0 Å². The fourth-order valence-corrected chi connectivity index (χ4v) is 3.72. The quantitative estimate of drug-likeness (QED) is 0.0990. The Labute approximate surface area is 270 Å². The van der Waals surface area contributed by atoms with E-state index in [9.17, 15) is 38.4 Å². The van der Waals surface area contributed by atoms with Crippen molar-refractivity contribution in [3.05, 3.63) is 18.2 Å². The summed E-state index contributed by atoms with van der Waals surface area (Å²) in [5.41, 5.74) is -1.41. The normalized spacial score (nSPS) is 14.6. The number of hydrogen-bond acceptors (Lipinski definition) is 11. The zero-order valence-corrected chi connectivity index (χ0v) is 26.1. The van der Waals surface area contributed by atoms with Crippen LogP contribution in [0.4, 0.5) is 4.79 Å². The first-order chi connectivity index (χ1) is 20.9. The highest BCUT2D eigenvalue weighted by Gasteiger charge is 2.37. The van der Waals surface area contributed by atoms with Gasteiger partial charge in [0.1, 0.15) is 30.8 Å². The van der Waals surface area contributed by atoms with Gasteiger partial charge in [0.15, 0.2) is 0 Å². The number of imidazole rings is 1. The van der Waals surface area contributed by atoms with Gasteiger partial charge in [-0.2, -0.15) is 0 Å². The summed E-state index contributed by atoms with van der Waals surface area (Å²) in [6.45, 7) is 1.06. The molecule has 21 heteroatoms. The van der Waals surface area contributed by atoms with Crippen molar-refractivity contribution < 1.29 is 53.0 Å². The van der Waals surface area contributed by atoms with Crippen LogP contribution >= 0.6 is 34.8 Å². The molecule has 1 saturated heterocycles. The van der Waals surface area contributed by atoms with E-state index in [1.165, 1.54) is 26.4 Å². The highest BCUT2D eigenvalue weighted by Crippen LogP contribution is 2.25. The Morgan fingerprint density at radius 1 is 1.04 bits per heavy atom. The van der Waals surface area contributed by atoms with Gasteiger partial charge in [0.25, 0.3) is 11.8 Å². The van der Waals surface area contributed by atoms with Gasteiger partial charge in [-0.15, -0.1) is 5.06 Å². The Bertz CT molecular complexity index is 1290. The lowest BCUT2D eigenvalue weighted by Gasteiger charge is -2.29. The number of ether oxygens (including phenoxy) is 1. The molecule has 0 aromatic carbocycles. The van der Waals surface area contributed by atoms with E-state index in [4.69, 9.17) is 44.6 Å². The number of aromatic nitrogens is 2. The second kappa shape index (κ2) is 16.2. The van der Waals surface area contributed by atoms with Gasteiger partial charge in [-0.1, -0.05) is 34.8 Å². The first-order valence-corrected chi connectivity index (χ1v) is 14.2. The standard InChI is InChI=1S/C24H30Cl3N7O11/c1-23(2,33-20(41)14(7-12-8-28-11-30-12)32-22(43)44-10-24(25,26)27)21(42)31-13(3-6-17(37)38)19(40)29-9-18(39)45-34-15(35)4-5-16(34)36/h8,11,13-14H,3-7,9-10H2,1-2H3,(H,28,30)(H,29,40)(H,31,42)(H,32,43)(H,33,41)(H,37,38)/t13-,14-/m0/s1. The minimum absolute atomic E-state index is 0.144. The Kier molecular flexibility index (Phi) is 13.4. The van der Waals surface area contributed by atoms with Gasteiger partial charge >= 0.3 is 18.0 Å². The van der Waals surface area contributed by atoms with Gasteiger partial charge in [-0.25, -0.2) is 14.6 Å². The number of nitrogens with one attached hydrogen (secondary N) is 5. The SMILES string of the molecule is CC(C)(NC(=O)[C@H](Cc1c[nH]cn1)NC(=O)OCC(Cl)(Cl)Cl)C(=O)N[C@@H](CCC(=O)O)C(=O)NCC(=O)ON1C(=O)CCC1=O. The van der Waals surface area contributed by atoms with Crippen molar-refractivity contribution in [1.29, 1.82) is 0 Å². The molecule has 0 bridgehead atoms. The number of hydrogen-bond donors (Lipinski definition) is 6. The number of imide groups is 1. The van der Waals surface area contributed by atoms with Crippen LogP contribution in [0.2, 0.25) is 0 Å². The summed E-state index contributed by atoms with van der Waals surface area (Å²) in [6.07, 6.45) is 0.214. The molecule has 0 aliphatic carbocycles. The number of alkyl carbamates (subject to hydrolysis) is 1. The molecule has 1 fully saturated rings. The number of carboxylic acid groups (broad SMARTS) is 1. The van der Waals surface area contributed by atoms with Gasteiger partial charge in [-0.3, -0.25) is 28.8 Å². The second-order valence-corrected chi connectivity index (χ2v) is 12.5. The molecule has 2 heterocycles. The van der Waals surface area contributed by atoms with E-state index < -0.39 is 95.0 Å². The summed E-state index contributed by atoms with van der Waals surface area (Å²) < 4.78 is 2.88. The summed E-state index contributed by atoms with van der Waals surface area (Å²) in [4.78, 5) is 109. The van der Waals surface area contributed by atoms with Crippen LogP contribution in [0.15, 0.2) is 12.5 Å². The summed E-state index contributed by atoms with van der Waals surface area (Å²) in [5.74, 6) is -6.79. The van der Waals surface area contributed by atoms with Crippen molar-refractivity contribution in [2.24, 2.45) is 0 Å². The number of carboxylic acids is 1. The van der Waals surface area contributed by atoms with Gasteiger partial charge in [-0.05, 0) is 20.3 Å². The molecule has 0 unspecified atom stereocenters. The number of nitrogens with zero attached hydrogens (tertiary/aromatic N) is 2. The van der Waals surface area contributed by atoms with Crippen LogP contribution in [-0.4, -0.2) is 102 Å². The summed E-state index contributed by atoms with van der Waals surface area (Å²) in [6, 6.07) is -2.86. The fraction of sp³-hybridized carbons (Fsp3) is 0.542. The Morgan fingerprint density at radius 3 is 2.24 bits per heavy atom. The molecular weight excluding hydrogens is 669 g/mol. The molecule has 1 aliphatic heterocycles. The molecule has 18 nitrogen and oxygen atoms in total. The first kappa shape index (κ1) is 37.0. The predicted molar refractivity (Wildman–Crippen MR) is 152 cm³/mol. The monoisotopic (exact) mass is 697 g/mol. The molecule has 0 saturated carbocycles. The van der Waals surface area contributed by atoms with E-state index in [0.717, 1.165) is 0 Å². The topological polar surface area (TPSA) is 255 Å². The molecule has 1 aromatic rings. The number of carbonyl (C=O) groups is 8. The van der Waals surface area contributed by atoms with Gasteiger partial charge in [0, 0.05) is 31.9 Å². The summed E-state index contributed by atoms with van der Waals surface area (Å²) in [5, 5.41) is 18.5. The van der Waals surface area contributed by atoms with Crippen LogP contribution in [0.1, 0.15) is 45.2 Å². The van der Waals surface area contributed by atoms with Crippen LogP contribution in [0.3, 0.4) is 0 Å². The van der Waals surface area contributed by atoms with Crippen molar-refractivity contribution in [2.45, 2.75) is 67.4 Å². The number of aliphatic carboxylic acids is 1. The third-order valence-electron chi connectivity index (χ3n) is 5.82. The van der Waals surface area contributed by atoms with Crippen molar-refractivity contribution in [2.75, 3.05) is 13.2 Å². The lowest BCUT2D eigenvalue weighted by Crippen LogP contribution is -2.62. The van der Waals surface area contributed by atoms with Gasteiger partial charge < -0.3 is 40.9 Å². The molecule has 0 radical (unpaired) electrons. The molecule has 2 atom stereocenters. The van der Waals surface area contributed by atoms with Crippen LogP contribution < -0.4 is 21.3 Å². The smallest absolute Gasteiger partial charge is 0.407 e. The Hall–Kier alpha value is -4.16. The number of H-pyrrole nitrogens is 1. The maximum Gasteiger partial charge on any atom is 0.407 e. The van der Waals surface area contributed by atoms with E-state index in [0.29, 0.717) is 5.69 Å². The molecule has 1 aromatic heterocycles. The number of halogens is 3. The van der Waals surface area contributed by atoms with E-state index in [1.807, 2.05) is 0 Å². The minimum atomic E-state index is -1.92. The molecule has 2 rings (SSSR count). The molecule has 1 aliphatic rings. The molecule has 6 N–H and O–H groups in total. The second-order valence-electron chi connectivity index (χ2n) is 9.99. The zero-order valence-electron chi connectivity index (χ0n) is 23.8. The fourth-order valence-electron chi connectivity index (χ4n) is 3.55. The van der Waals surface area contributed by atoms with E-state index >= 15 is 0 Å². The molecule has 6 amide bonds. The van der Waals surface area contributed by atoms with Crippen LogP contribution in [-0.2, 0) is 49.6 Å². The van der Waals surface area contributed by atoms with Crippen LogP contribution in [0.5, 0.6) is 0 Å². The van der Waals surface area contributed by atoms with Crippen molar-refractivity contribution >= 4 is 82.4 Å². The predicted octanol–water partition coefficient (Wildman–Crippen LogP) is -0.615. The molecule has 0 spiro atoms. The van der Waals surface area contributed by atoms with Gasteiger partial charge in [0.2, 0.25) is 21.5 Å². The van der Waals surface area contributed by atoms with Crippen LogP contribution in [0.25, 0.3) is 0 Å². The van der Waals surface area contributed by atoms with Gasteiger partial charge in [0.05, 0.1) is 12.0 Å². The molecule has 45 heavy (non-hydrogen) atoms. The van der Waals surface area contributed by atoms with E-state index in [2.05, 4.69) is 36.1 Å². The lowest BCUT2D eigenvalue weighted by molar-refractivity contribution is -0.196. The third kappa shape index (κ3) is 12.8. The Morgan fingerprint density at radius 2 is 1.69 bits per heavy atom. The number of alkyl halides is 3. The summed E-state index contributed by atoms with van der Waals surface area (Å²) in [7, 11) is 0. The van der Waals surface area contributed by atoms with E-state index in [1.54, 1.807) is 0 Å². The first-order valence-electron chi connectivity index (χ1n) is 13.0. The number of carbonyl (C=O) groups excluding carboxylic acids is 7. The average molecular weight is 699 g/mol. The number of amides is 6. The zero-order chi connectivity index (χ0) is 33.9. The molecule has 248 valence electrons. The molecular formula is C24H30Cl3N7O11. The Balaban J connectivity index is 2.07. The highest BCUT2D eigenvalue weighted by molar-refractivity contribution is 6.67. The minimum Gasteiger partial charge on any atom is -0.481 e. The lowest BCUT2D eigenvalue weighted by atomic mass is 10.0. The maximum atomic E-state index is 13.2. The largest absolute Gasteiger partial charge is 0.481 e. The maximum absolute atomic E-state index is 13.2. The van der Waals surface area contributed by atoms with Crippen molar-refractivity contribution in [1.82, 2.24) is 36.3 Å². The van der Waals surface area contributed by atoms with Crippen molar-refractivity contribution in [3.63, 3.8) is 0 Å². The highest BCUT2D eigenvalue weighted by atomic mass is 35.6. The summed E-state index contributed by atoms with van der Waals surface area (Å²) >= 11 is 16.7. The number of hydroxylamine groups is 2. The average Bonchev–Trinajstić information content (AvgIpc) is 3.56. The number of rotatable bonds is 15. The third-order valence-corrected chi connectivity index (χ3v) is 6.15. The van der Waals surface area contributed by atoms with E-state index in [-0.39, 0.29) is 24.3 Å².